The van der Waals surface area contributed by atoms with E-state index >= 15 is 0 Å². The van der Waals surface area contributed by atoms with E-state index in [1.165, 1.54) is 17.0 Å². The van der Waals surface area contributed by atoms with Crippen molar-refractivity contribution in [2.75, 3.05) is 18.4 Å². The number of nitrogens with one attached hydrogen (secondary N) is 2. The van der Waals surface area contributed by atoms with Gasteiger partial charge in [-0.3, -0.25) is 14.8 Å². The molecule has 7 heteroatoms. The lowest BCUT2D eigenvalue weighted by atomic mass is 9.87. The highest BCUT2D eigenvalue weighted by Gasteiger charge is 2.42. The smallest absolute Gasteiger partial charge is 0.254 e. The van der Waals surface area contributed by atoms with Gasteiger partial charge in [-0.05, 0) is 57.2 Å². The maximum atomic E-state index is 13.1. The molecule has 1 unspecified atom stereocenters. The van der Waals surface area contributed by atoms with Gasteiger partial charge in [0.05, 0.1) is 5.69 Å². The summed E-state index contributed by atoms with van der Waals surface area (Å²) in [6.45, 7) is 3.92. The number of aromatic nitrogens is 3. The first kappa shape index (κ1) is 15.8. The number of fused-ring (bicyclic) bond motifs is 1. The highest BCUT2D eigenvalue weighted by Crippen LogP contribution is 2.34. The SMILES string of the molecule is CC1CCc2nc(NC(=O)C3(n4cccn4)CCNCC3)sc2C1. The lowest BCUT2D eigenvalue weighted by Gasteiger charge is -2.36. The molecule has 2 aromatic heterocycles. The van der Waals surface area contributed by atoms with Crippen LogP contribution in [0.5, 0.6) is 0 Å². The Bertz CT molecular complexity index is 717. The van der Waals surface area contributed by atoms with Gasteiger partial charge in [0, 0.05) is 17.3 Å². The van der Waals surface area contributed by atoms with Crippen molar-refractivity contribution >= 4 is 22.4 Å². The monoisotopic (exact) mass is 345 g/mol. The third kappa shape index (κ3) is 2.75. The highest BCUT2D eigenvalue weighted by molar-refractivity contribution is 7.15. The summed E-state index contributed by atoms with van der Waals surface area (Å²) >= 11 is 1.64. The van der Waals surface area contributed by atoms with Crippen LogP contribution in [0.1, 0.15) is 36.8 Å². The zero-order valence-corrected chi connectivity index (χ0v) is 14.7. The third-order valence-electron chi connectivity index (χ3n) is 5.20. The summed E-state index contributed by atoms with van der Waals surface area (Å²) in [6.07, 6.45) is 8.40. The predicted octanol–water partition coefficient (Wildman–Crippen LogP) is 2.18. The topological polar surface area (TPSA) is 71.8 Å². The van der Waals surface area contributed by atoms with Gasteiger partial charge in [-0.15, -0.1) is 11.3 Å². The molecule has 1 atom stereocenters. The van der Waals surface area contributed by atoms with Crippen LogP contribution < -0.4 is 10.6 Å². The first-order valence-electron chi connectivity index (χ1n) is 8.68. The Hall–Kier alpha value is -1.73. The average Bonchev–Trinajstić information content (AvgIpc) is 3.24. The summed E-state index contributed by atoms with van der Waals surface area (Å²) in [5.41, 5.74) is 0.556. The van der Waals surface area contributed by atoms with E-state index in [2.05, 4.69) is 27.6 Å². The molecule has 4 rings (SSSR count). The molecule has 0 spiro atoms. The molecule has 3 heterocycles. The largest absolute Gasteiger partial charge is 0.317 e. The van der Waals surface area contributed by atoms with Crippen LogP contribution in [0.2, 0.25) is 0 Å². The third-order valence-corrected chi connectivity index (χ3v) is 6.24. The van der Waals surface area contributed by atoms with E-state index in [1.807, 2.05) is 16.9 Å². The van der Waals surface area contributed by atoms with Crippen LogP contribution in [0, 0.1) is 5.92 Å². The molecular formula is C17H23N5OS. The normalized spacial score (nSPS) is 22.8. The number of rotatable bonds is 3. The summed E-state index contributed by atoms with van der Waals surface area (Å²) in [6, 6.07) is 1.88. The van der Waals surface area contributed by atoms with Crippen LogP contribution in [0.3, 0.4) is 0 Å². The van der Waals surface area contributed by atoms with Crippen LogP contribution >= 0.6 is 11.3 Å². The van der Waals surface area contributed by atoms with Gasteiger partial charge in [-0.2, -0.15) is 5.10 Å². The van der Waals surface area contributed by atoms with E-state index in [1.54, 1.807) is 17.5 Å². The number of carbonyl (C=O) groups excluding carboxylic acids is 1. The van der Waals surface area contributed by atoms with E-state index < -0.39 is 5.54 Å². The molecule has 1 fully saturated rings. The second-order valence-electron chi connectivity index (χ2n) is 6.92. The number of aryl methyl sites for hydroxylation is 1. The van der Waals surface area contributed by atoms with Crippen LogP contribution in [0.25, 0.3) is 0 Å². The Morgan fingerprint density at radius 2 is 2.29 bits per heavy atom. The molecule has 1 aliphatic heterocycles. The zero-order chi connectivity index (χ0) is 16.6. The average molecular weight is 345 g/mol. The molecule has 6 nitrogen and oxygen atoms in total. The number of hydrogen-bond donors (Lipinski definition) is 2. The molecule has 24 heavy (non-hydrogen) atoms. The predicted molar refractivity (Wildman–Crippen MR) is 94.2 cm³/mol. The second-order valence-corrected chi connectivity index (χ2v) is 8.01. The molecule has 1 aliphatic carbocycles. The maximum absolute atomic E-state index is 13.1. The maximum Gasteiger partial charge on any atom is 0.254 e. The van der Waals surface area contributed by atoms with Crippen LogP contribution in [0.15, 0.2) is 18.5 Å². The number of hydrogen-bond acceptors (Lipinski definition) is 5. The summed E-state index contributed by atoms with van der Waals surface area (Å²) in [4.78, 5) is 19.1. The molecule has 0 bridgehead atoms. The Morgan fingerprint density at radius 3 is 3.04 bits per heavy atom. The molecule has 0 radical (unpaired) electrons. The van der Waals surface area contributed by atoms with E-state index in [4.69, 9.17) is 0 Å². The van der Waals surface area contributed by atoms with Crippen molar-refractivity contribution in [2.24, 2.45) is 5.92 Å². The van der Waals surface area contributed by atoms with E-state index in [0.717, 1.165) is 43.9 Å². The summed E-state index contributed by atoms with van der Waals surface area (Å²) < 4.78 is 1.82. The van der Waals surface area contributed by atoms with Crippen molar-refractivity contribution in [2.45, 2.75) is 44.6 Å². The van der Waals surface area contributed by atoms with Crippen molar-refractivity contribution in [1.29, 1.82) is 0 Å². The van der Waals surface area contributed by atoms with Crippen molar-refractivity contribution in [3.05, 3.63) is 29.0 Å². The van der Waals surface area contributed by atoms with Crippen molar-refractivity contribution in [1.82, 2.24) is 20.1 Å². The molecule has 128 valence electrons. The summed E-state index contributed by atoms with van der Waals surface area (Å²) in [5.74, 6) is 0.716. The fourth-order valence-corrected chi connectivity index (χ4v) is 4.90. The van der Waals surface area contributed by atoms with E-state index in [9.17, 15) is 4.79 Å². The molecule has 2 N–H and O–H groups in total. The second kappa shape index (κ2) is 6.29. The first-order chi connectivity index (χ1) is 11.7. The van der Waals surface area contributed by atoms with Gasteiger partial charge in [-0.25, -0.2) is 4.98 Å². The summed E-state index contributed by atoms with van der Waals surface area (Å²) in [7, 11) is 0. The van der Waals surface area contributed by atoms with Gasteiger partial charge in [0.2, 0.25) is 0 Å². The van der Waals surface area contributed by atoms with Gasteiger partial charge in [0.25, 0.3) is 5.91 Å². The van der Waals surface area contributed by atoms with Crippen molar-refractivity contribution < 1.29 is 4.79 Å². The van der Waals surface area contributed by atoms with Gasteiger partial charge in [0.1, 0.15) is 5.54 Å². The Kier molecular flexibility index (Phi) is 4.14. The van der Waals surface area contributed by atoms with Crippen LogP contribution in [-0.4, -0.2) is 33.8 Å². The molecule has 0 aromatic carbocycles. The van der Waals surface area contributed by atoms with Gasteiger partial charge in [-0.1, -0.05) is 6.92 Å². The minimum absolute atomic E-state index is 0.00634. The number of piperidine rings is 1. The van der Waals surface area contributed by atoms with Crippen molar-refractivity contribution in [3.63, 3.8) is 0 Å². The quantitative estimate of drug-likeness (QED) is 0.894. The molecule has 1 saturated heterocycles. The molecular weight excluding hydrogens is 322 g/mol. The number of carbonyl (C=O) groups is 1. The van der Waals surface area contributed by atoms with Gasteiger partial charge >= 0.3 is 0 Å². The standard InChI is InChI=1S/C17H23N5OS/c1-12-3-4-13-14(11-12)24-16(20-13)21-15(23)17(5-8-18-9-6-17)22-10-2-7-19-22/h2,7,10,12,18H,3-6,8-9,11H2,1H3,(H,20,21,23). The fraction of sp³-hybridized carbons (Fsp3) is 0.588. The minimum Gasteiger partial charge on any atom is -0.317 e. The lowest BCUT2D eigenvalue weighted by Crippen LogP contribution is -2.52. The molecule has 0 saturated carbocycles. The molecule has 1 amide bonds. The number of thiazole rings is 1. The molecule has 2 aliphatic rings. The Morgan fingerprint density at radius 1 is 1.46 bits per heavy atom. The zero-order valence-electron chi connectivity index (χ0n) is 13.9. The number of nitrogens with zero attached hydrogens (tertiary/aromatic N) is 3. The lowest BCUT2D eigenvalue weighted by molar-refractivity contribution is -0.126. The first-order valence-corrected chi connectivity index (χ1v) is 9.50. The van der Waals surface area contributed by atoms with E-state index in [-0.39, 0.29) is 5.91 Å². The Labute approximate surface area is 145 Å². The summed E-state index contributed by atoms with van der Waals surface area (Å²) in [5, 5.41) is 11.5. The van der Waals surface area contributed by atoms with E-state index in [0.29, 0.717) is 5.92 Å². The molecule has 2 aromatic rings. The highest BCUT2D eigenvalue weighted by atomic mass is 32.1. The number of anilines is 1. The number of amides is 1. The van der Waals surface area contributed by atoms with Crippen LogP contribution in [-0.2, 0) is 23.2 Å². The van der Waals surface area contributed by atoms with Crippen molar-refractivity contribution in [3.8, 4) is 0 Å². The Balaban J connectivity index is 1.58. The van der Waals surface area contributed by atoms with Crippen LogP contribution in [0.4, 0.5) is 5.13 Å². The van der Waals surface area contributed by atoms with Gasteiger partial charge in [0.15, 0.2) is 5.13 Å². The van der Waals surface area contributed by atoms with Gasteiger partial charge < -0.3 is 5.32 Å². The minimum atomic E-state index is -0.617. The fourth-order valence-electron chi connectivity index (χ4n) is 3.73.